The first-order valence-electron chi connectivity index (χ1n) is 9.70. The molecule has 7 nitrogen and oxygen atoms in total. The number of hydrogen-bond acceptors (Lipinski definition) is 6. The Kier molecular flexibility index (Phi) is 5.89. The molecule has 0 radical (unpaired) electrons. The van der Waals surface area contributed by atoms with Crippen molar-refractivity contribution in [2.45, 2.75) is 24.9 Å². The topological polar surface area (TPSA) is 73.4 Å². The third-order valence-electron chi connectivity index (χ3n) is 5.04. The molecule has 2 aromatic heterocycles. The van der Waals surface area contributed by atoms with Crippen molar-refractivity contribution in [1.29, 1.82) is 0 Å². The van der Waals surface area contributed by atoms with E-state index in [1.807, 2.05) is 45.9 Å². The third-order valence-corrected chi connectivity index (χ3v) is 5.95. The van der Waals surface area contributed by atoms with Crippen LogP contribution in [0.1, 0.15) is 19.8 Å². The number of aromatic nitrogens is 3. The summed E-state index contributed by atoms with van der Waals surface area (Å²) in [4.78, 5) is 14.7. The van der Waals surface area contributed by atoms with Gasteiger partial charge in [-0.3, -0.25) is 9.36 Å². The zero-order valence-electron chi connectivity index (χ0n) is 16.6. The van der Waals surface area contributed by atoms with Crippen LogP contribution in [0.5, 0.6) is 5.75 Å². The molecule has 152 valence electrons. The molecule has 1 aromatic carbocycles. The molecule has 4 rings (SSSR count). The fourth-order valence-corrected chi connectivity index (χ4v) is 4.38. The summed E-state index contributed by atoms with van der Waals surface area (Å²) in [5, 5.41) is 9.31. The maximum Gasteiger partial charge on any atom is 0.233 e. The number of carbonyl (C=O) groups excluding carboxylic acids is 1. The summed E-state index contributed by atoms with van der Waals surface area (Å²) >= 11 is 1.40. The minimum Gasteiger partial charge on any atom is -0.497 e. The molecule has 1 amide bonds. The van der Waals surface area contributed by atoms with Crippen LogP contribution in [0.15, 0.2) is 52.2 Å². The summed E-state index contributed by atoms with van der Waals surface area (Å²) in [7, 11) is 1.64. The van der Waals surface area contributed by atoms with E-state index >= 15 is 0 Å². The zero-order chi connectivity index (χ0) is 20.2. The number of nitrogens with zero attached hydrogens (tertiary/aromatic N) is 4. The molecule has 0 N–H and O–H groups in total. The van der Waals surface area contributed by atoms with E-state index in [1.54, 1.807) is 13.4 Å². The quantitative estimate of drug-likeness (QED) is 0.572. The lowest BCUT2D eigenvalue weighted by Crippen LogP contribution is -2.40. The third kappa shape index (κ3) is 4.32. The highest BCUT2D eigenvalue weighted by atomic mass is 32.2. The second kappa shape index (κ2) is 8.73. The van der Waals surface area contributed by atoms with E-state index in [1.165, 1.54) is 18.2 Å². The largest absolute Gasteiger partial charge is 0.497 e. The summed E-state index contributed by atoms with van der Waals surface area (Å²) in [6.07, 6.45) is 3.87. The summed E-state index contributed by atoms with van der Waals surface area (Å²) < 4.78 is 12.7. The predicted molar refractivity (Wildman–Crippen MR) is 111 cm³/mol. The van der Waals surface area contributed by atoms with E-state index in [-0.39, 0.29) is 5.91 Å². The number of furan rings is 1. The monoisotopic (exact) mass is 412 g/mol. The maximum atomic E-state index is 12.7. The van der Waals surface area contributed by atoms with Crippen LogP contribution in [0.2, 0.25) is 0 Å². The molecule has 29 heavy (non-hydrogen) atoms. The Morgan fingerprint density at radius 3 is 2.79 bits per heavy atom. The van der Waals surface area contributed by atoms with E-state index in [2.05, 4.69) is 17.1 Å². The molecule has 3 aromatic rings. The lowest BCUT2D eigenvalue weighted by Gasteiger charge is -2.30. The van der Waals surface area contributed by atoms with Gasteiger partial charge in [0.25, 0.3) is 0 Å². The molecule has 1 atom stereocenters. The van der Waals surface area contributed by atoms with Crippen molar-refractivity contribution >= 4 is 17.7 Å². The van der Waals surface area contributed by atoms with Gasteiger partial charge in [0.2, 0.25) is 11.7 Å². The fourth-order valence-electron chi connectivity index (χ4n) is 3.53. The average molecular weight is 413 g/mol. The van der Waals surface area contributed by atoms with E-state index in [0.29, 0.717) is 28.4 Å². The zero-order valence-corrected chi connectivity index (χ0v) is 17.4. The van der Waals surface area contributed by atoms with Gasteiger partial charge in [0.15, 0.2) is 10.9 Å². The number of likely N-dealkylation sites (tertiary alicyclic amines) is 1. The first-order chi connectivity index (χ1) is 14.2. The van der Waals surface area contributed by atoms with Gasteiger partial charge in [-0.1, -0.05) is 18.7 Å². The Morgan fingerprint density at radius 2 is 2.10 bits per heavy atom. The van der Waals surface area contributed by atoms with Gasteiger partial charge in [0.05, 0.1) is 24.8 Å². The Hall–Kier alpha value is -2.74. The highest BCUT2D eigenvalue weighted by Crippen LogP contribution is 2.29. The highest BCUT2D eigenvalue weighted by Gasteiger charge is 2.23. The van der Waals surface area contributed by atoms with Crippen molar-refractivity contribution in [3.8, 4) is 23.0 Å². The molecule has 1 fully saturated rings. The molecule has 1 aliphatic heterocycles. The Bertz CT molecular complexity index is 953. The predicted octanol–water partition coefficient (Wildman–Crippen LogP) is 3.89. The van der Waals surface area contributed by atoms with E-state index < -0.39 is 0 Å². The summed E-state index contributed by atoms with van der Waals surface area (Å²) in [5.74, 6) is 3.03. The Morgan fingerprint density at radius 1 is 1.28 bits per heavy atom. The van der Waals surface area contributed by atoms with Crippen LogP contribution in [-0.4, -0.2) is 51.5 Å². The molecule has 0 bridgehead atoms. The standard InChI is InChI=1S/C21H24N4O3S/c1-15-5-3-11-24(13-15)19(26)14-29-21-23-22-20(18-6-4-12-28-18)25(21)16-7-9-17(27-2)10-8-16/h4,6-10,12,15H,3,5,11,13-14H2,1-2H3. The summed E-state index contributed by atoms with van der Waals surface area (Å²) in [5.41, 5.74) is 0.878. The van der Waals surface area contributed by atoms with Gasteiger partial charge in [0.1, 0.15) is 5.75 Å². The van der Waals surface area contributed by atoms with Gasteiger partial charge in [-0.2, -0.15) is 0 Å². The van der Waals surface area contributed by atoms with Crippen molar-refractivity contribution in [3.63, 3.8) is 0 Å². The van der Waals surface area contributed by atoms with Crippen LogP contribution in [-0.2, 0) is 4.79 Å². The SMILES string of the molecule is COc1ccc(-n2c(SCC(=O)N3CCCC(C)C3)nnc2-c2ccco2)cc1. The Balaban J connectivity index is 1.58. The number of methoxy groups -OCH3 is 1. The molecule has 8 heteroatoms. The Labute approximate surface area is 174 Å². The van der Waals surface area contributed by atoms with Crippen LogP contribution in [0.25, 0.3) is 17.3 Å². The van der Waals surface area contributed by atoms with Crippen molar-refractivity contribution < 1.29 is 13.9 Å². The van der Waals surface area contributed by atoms with Crippen LogP contribution < -0.4 is 4.74 Å². The van der Waals surface area contributed by atoms with Crippen LogP contribution >= 0.6 is 11.8 Å². The second-order valence-corrected chi connectivity index (χ2v) is 8.14. The first kappa shape index (κ1) is 19.6. The normalized spacial score (nSPS) is 16.8. The number of amides is 1. The smallest absolute Gasteiger partial charge is 0.233 e. The number of carbonyl (C=O) groups is 1. The highest BCUT2D eigenvalue weighted by molar-refractivity contribution is 7.99. The van der Waals surface area contributed by atoms with Crippen LogP contribution in [0, 0.1) is 5.92 Å². The molecule has 1 aliphatic rings. The molecule has 0 saturated carbocycles. The molecule has 1 unspecified atom stereocenters. The molecule has 0 spiro atoms. The number of thioether (sulfide) groups is 1. The lowest BCUT2D eigenvalue weighted by atomic mass is 10.0. The van der Waals surface area contributed by atoms with E-state index in [9.17, 15) is 4.79 Å². The van der Waals surface area contributed by atoms with Crippen molar-refractivity contribution in [3.05, 3.63) is 42.7 Å². The van der Waals surface area contributed by atoms with Gasteiger partial charge in [-0.05, 0) is 55.2 Å². The summed E-state index contributed by atoms with van der Waals surface area (Å²) in [6, 6.07) is 11.3. The van der Waals surface area contributed by atoms with Crippen molar-refractivity contribution in [2.75, 3.05) is 26.0 Å². The van der Waals surface area contributed by atoms with E-state index in [0.717, 1.165) is 30.9 Å². The van der Waals surface area contributed by atoms with Gasteiger partial charge in [0, 0.05) is 13.1 Å². The van der Waals surface area contributed by atoms with Crippen LogP contribution in [0.4, 0.5) is 0 Å². The van der Waals surface area contributed by atoms with E-state index in [4.69, 9.17) is 9.15 Å². The van der Waals surface area contributed by atoms with Gasteiger partial charge in [-0.15, -0.1) is 10.2 Å². The van der Waals surface area contributed by atoms with Crippen molar-refractivity contribution in [2.24, 2.45) is 5.92 Å². The number of benzene rings is 1. The van der Waals surface area contributed by atoms with Gasteiger partial charge >= 0.3 is 0 Å². The molecular weight excluding hydrogens is 388 g/mol. The average Bonchev–Trinajstić information content (AvgIpc) is 3.41. The fraction of sp³-hybridized carbons (Fsp3) is 0.381. The molecule has 3 heterocycles. The van der Waals surface area contributed by atoms with Crippen molar-refractivity contribution in [1.82, 2.24) is 19.7 Å². The number of rotatable bonds is 6. The number of ether oxygens (including phenoxy) is 1. The summed E-state index contributed by atoms with van der Waals surface area (Å²) in [6.45, 7) is 3.87. The minimum absolute atomic E-state index is 0.144. The second-order valence-electron chi connectivity index (χ2n) is 7.19. The number of hydrogen-bond donors (Lipinski definition) is 0. The first-order valence-corrected chi connectivity index (χ1v) is 10.7. The van der Waals surface area contributed by atoms with Gasteiger partial charge < -0.3 is 14.1 Å². The minimum atomic E-state index is 0.144. The molecule has 1 saturated heterocycles. The van der Waals surface area contributed by atoms with Crippen LogP contribution in [0.3, 0.4) is 0 Å². The number of piperidine rings is 1. The molecule has 0 aliphatic carbocycles. The maximum absolute atomic E-state index is 12.7. The molecular formula is C21H24N4O3S. The lowest BCUT2D eigenvalue weighted by molar-refractivity contribution is -0.130. The van der Waals surface area contributed by atoms with Gasteiger partial charge in [-0.25, -0.2) is 0 Å².